The molecule has 2 N–H and O–H groups in total. The zero-order valence-electron chi connectivity index (χ0n) is 12.3. The summed E-state index contributed by atoms with van der Waals surface area (Å²) in [6, 6.07) is 11.7. The van der Waals surface area contributed by atoms with Gasteiger partial charge in [0.1, 0.15) is 0 Å². The van der Waals surface area contributed by atoms with Gasteiger partial charge in [-0.3, -0.25) is 4.57 Å². The number of imidazole rings is 1. The van der Waals surface area contributed by atoms with Gasteiger partial charge < -0.3 is 15.2 Å². The van der Waals surface area contributed by atoms with Crippen molar-refractivity contribution in [3.63, 3.8) is 0 Å². The van der Waals surface area contributed by atoms with Crippen molar-refractivity contribution in [2.24, 2.45) is 0 Å². The fraction of sp³-hybridized carbons (Fsp3) is 0.188. The van der Waals surface area contributed by atoms with Crippen LogP contribution >= 0.6 is 0 Å². The van der Waals surface area contributed by atoms with Crippen LogP contribution in [-0.2, 0) is 0 Å². The first-order valence-corrected chi connectivity index (χ1v) is 6.61. The van der Waals surface area contributed by atoms with Crippen LogP contribution in [0, 0.1) is 6.92 Å². The SMILES string of the molecule is COc1ccc(-n2c(N)nc3c(C)cccc32)cc1OC. The molecule has 108 valence electrons. The molecule has 1 aromatic heterocycles. The van der Waals surface area contributed by atoms with Crippen molar-refractivity contribution in [3.05, 3.63) is 42.0 Å². The molecule has 0 amide bonds. The minimum atomic E-state index is 0.450. The number of aryl methyl sites for hydroxylation is 1. The van der Waals surface area contributed by atoms with Gasteiger partial charge in [0.25, 0.3) is 0 Å². The zero-order valence-corrected chi connectivity index (χ0v) is 12.3. The Kier molecular flexibility index (Phi) is 3.17. The summed E-state index contributed by atoms with van der Waals surface area (Å²) in [5, 5.41) is 0. The van der Waals surface area contributed by atoms with Crippen LogP contribution in [0.1, 0.15) is 5.56 Å². The lowest BCUT2D eigenvalue weighted by atomic mass is 10.2. The second kappa shape index (κ2) is 5.01. The minimum absolute atomic E-state index is 0.450. The van der Waals surface area contributed by atoms with Gasteiger partial charge in [-0.05, 0) is 30.7 Å². The number of nitrogen functional groups attached to an aromatic ring is 1. The predicted molar refractivity (Wildman–Crippen MR) is 83.3 cm³/mol. The molecule has 0 saturated carbocycles. The maximum Gasteiger partial charge on any atom is 0.205 e. The summed E-state index contributed by atoms with van der Waals surface area (Å²) in [5.74, 6) is 1.79. The number of methoxy groups -OCH3 is 2. The van der Waals surface area contributed by atoms with E-state index >= 15 is 0 Å². The third kappa shape index (κ3) is 2.07. The Morgan fingerprint density at radius 1 is 1.05 bits per heavy atom. The molecule has 1 heterocycles. The molecule has 0 unspecified atom stereocenters. The van der Waals surface area contributed by atoms with Crippen molar-refractivity contribution in [2.45, 2.75) is 6.92 Å². The van der Waals surface area contributed by atoms with E-state index in [0.717, 1.165) is 22.3 Å². The Hall–Kier alpha value is -2.69. The highest BCUT2D eigenvalue weighted by atomic mass is 16.5. The lowest BCUT2D eigenvalue weighted by Gasteiger charge is -2.11. The van der Waals surface area contributed by atoms with Crippen LogP contribution in [0.4, 0.5) is 5.95 Å². The van der Waals surface area contributed by atoms with E-state index < -0.39 is 0 Å². The van der Waals surface area contributed by atoms with Gasteiger partial charge in [-0.1, -0.05) is 12.1 Å². The monoisotopic (exact) mass is 283 g/mol. The van der Waals surface area contributed by atoms with Gasteiger partial charge in [0, 0.05) is 6.07 Å². The van der Waals surface area contributed by atoms with E-state index in [4.69, 9.17) is 15.2 Å². The molecule has 3 rings (SSSR count). The molecule has 0 radical (unpaired) electrons. The van der Waals surface area contributed by atoms with E-state index in [-0.39, 0.29) is 0 Å². The van der Waals surface area contributed by atoms with E-state index in [0.29, 0.717) is 17.4 Å². The third-order valence-electron chi connectivity index (χ3n) is 3.54. The van der Waals surface area contributed by atoms with Gasteiger partial charge in [0.2, 0.25) is 5.95 Å². The van der Waals surface area contributed by atoms with Crippen molar-refractivity contribution >= 4 is 17.0 Å². The van der Waals surface area contributed by atoms with E-state index in [1.165, 1.54) is 0 Å². The van der Waals surface area contributed by atoms with Crippen molar-refractivity contribution in [2.75, 3.05) is 20.0 Å². The number of ether oxygens (including phenoxy) is 2. The van der Waals surface area contributed by atoms with E-state index in [1.54, 1.807) is 14.2 Å². The molecule has 21 heavy (non-hydrogen) atoms. The van der Waals surface area contributed by atoms with Crippen LogP contribution in [0.15, 0.2) is 36.4 Å². The number of nitrogens with zero attached hydrogens (tertiary/aromatic N) is 2. The average Bonchev–Trinajstić information content (AvgIpc) is 2.84. The van der Waals surface area contributed by atoms with Crippen molar-refractivity contribution in [1.82, 2.24) is 9.55 Å². The number of fused-ring (bicyclic) bond motifs is 1. The number of aromatic nitrogens is 2. The summed E-state index contributed by atoms with van der Waals surface area (Å²) in [5.41, 5.74) is 9.96. The molecule has 0 aliphatic carbocycles. The molecular weight excluding hydrogens is 266 g/mol. The van der Waals surface area contributed by atoms with Crippen LogP contribution < -0.4 is 15.2 Å². The molecule has 5 heteroatoms. The zero-order chi connectivity index (χ0) is 15.0. The second-order valence-electron chi connectivity index (χ2n) is 4.79. The number of para-hydroxylation sites is 1. The van der Waals surface area contributed by atoms with Crippen molar-refractivity contribution < 1.29 is 9.47 Å². The van der Waals surface area contributed by atoms with Gasteiger partial charge in [0.15, 0.2) is 11.5 Å². The molecule has 5 nitrogen and oxygen atoms in total. The Labute approximate surface area is 122 Å². The molecule has 0 bridgehead atoms. The summed E-state index contributed by atoms with van der Waals surface area (Å²) in [7, 11) is 3.23. The van der Waals surface area contributed by atoms with Crippen molar-refractivity contribution in [1.29, 1.82) is 0 Å². The molecule has 2 aromatic carbocycles. The predicted octanol–water partition coefficient (Wildman–Crippen LogP) is 2.93. The first-order chi connectivity index (χ1) is 10.2. The van der Waals surface area contributed by atoms with Gasteiger partial charge in [0.05, 0.1) is 30.9 Å². The van der Waals surface area contributed by atoms with Gasteiger partial charge in [-0.15, -0.1) is 0 Å². The summed E-state index contributed by atoms with van der Waals surface area (Å²) >= 11 is 0. The standard InChI is InChI=1S/C16H17N3O2/c1-10-5-4-6-12-15(10)18-16(17)19(12)11-7-8-13(20-2)14(9-11)21-3/h4-9H,1-3H3,(H2,17,18). The molecule has 0 fully saturated rings. The number of benzene rings is 2. The smallest absolute Gasteiger partial charge is 0.205 e. The molecule has 0 aliphatic heterocycles. The molecule has 0 saturated heterocycles. The molecule has 0 atom stereocenters. The van der Waals surface area contributed by atoms with Crippen LogP contribution in [0.3, 0.4) is 0 Å². The normalized spacial score (nSPS) is 10.8. The van der Waals surface area contributed by atoms with Crippen LogP contribution in [-0.4, -0.2) is 23.8 Å². The van der Waals surface area contributed by atoms with E-state index in [9.17, 15) is 0 Å². The first kappa shape index (κ1) is 13.3. The van der Waals surface area contributed by atoms with Gasteiger partial charge >= 0.3 is 0 Å². The maximum absolute atomic E-state index is 6.10. The highest BCUT2D eigenvalue weighted by Crippen LogP contribution is 2.32. The van der Waals surface area contributed by atoms with Gasteiger partial charge in [-0.25, -0.2) is 4.98 Å². The fourth-order valence-corrected chi connectivity index (χ4v) is 2.49. The van der Waals surface area contributed by atoms with Crippen LogP contribution in [0.25, 0.3) is 16.7 Å². The number of rotatable bonds is 3. The number of hydrogen-bond donors (Lipinski definition) is 1. The molecular formula is C16H17N3O2. The summed E-state index contributed by atoms with van der Waals surface area (Å²) in [4.78, 5) is 4.46. The van der Waals surface area contributed by atoms with E-state index in [1.807, 2.05) is 47.9 Å². The number of hydrogen-bond acceptors (Lipinski definition) is 4. The third-order valence-corrected chi connectivity index (χ3v) is 3.54. The van der Waals surface area contributed by atoms with Crippen LogP contribution in [0.2, 0.25) is 0 Å². The maximum atomic E-state index is 6.10. The summed E-state index contributed by atoms with van der Waals surface area (Å²) in [6.07, 6.45) is 0. The topological polar surface area (TPSA) is 62.3 Å². The van der Waals surface area contributed by atoms with Crippen LogP contribution in [0.5, 0.6) is 11.5 Å². The summed E-state index contributed by atoms with van der Waals surface area (Å²) in [6.45, 7) is 2.02. The fourth-order valence-electron chi connectivity index (χ4n) is 2.49. The highest BCUT2D eigenvalue weighted by molar-refractivity contribution is 5.83. The van der Waals surface area contributed by atoms with E-state index in [2.05, 4.69) is 4.98 Å². The lowest BCUT2D eigenvalue weighted by molar-refractivity contribution is 0.355. The Bertz CT molecular complexity index is 809. The number of nitrogens with two attached hydrogens (primary N) is 1. The molecule has 0 spiro atoms. The minimum Gasteiger partial charge on any atom is -0.493 e. The Morgan fingerprint density at radius 2 is 1.81 bits per heavy atom. The van der Waals surface area contributed by atoms with Crippen molar-refractivity contribution in [3.8, 4) is 17.2 Å². The second-order valence-corrected chi connectivity index (χ2v) is 4.79. The molecule has 0 aliphatic rings. The molecule has 3 aromatic rings. The quantitative estimate of drug-likeness (QED) is 0.802. The highest BCUT2D eigenvalue weighted by Gasteiger charge is 2.13. The lowest BCUT2D eigenvalue weighted by Crippen LogP contribution is -2.01. The first-order valence-electron chi connectivity index (χ1n) is 6.61. The Balaban J connectivity index is 2.25. The Morgan fingerprint density at radius 3 is 2.52 bits per heavy atom. The average molecular weight is 283 g/mol. The van der Waals surface area contributed by atoms with Gasteiger partial charge in [-0.2, -0.15) is 0 Å². The largest absolute Gasteiger partial charge is 0.493 e. The number of anilines is 1. The summed E-state index contributed by atoms with van der Waals surface area (Å²) < 4.78 is 12.5.